The first-order valence-corrected chi connectivity index (χ1v) is 6.81. The zero-order valence-corrected chi connectivity index (χ0v) is 12.6. The molecule has 1 aliphatic heterocycles. The average Bonchev–Trinajstić information content (AvgIpc) is 2.55. The summed E-state index contributed by atoms with van der Waals surface area (Å²) in [5.74, 6) is -5.08. The normalized spacial score (nSPS) is 15.7. The molecule has 2 aromatic rings. The Hall–Kier alpha value is -3.56. The number of benzene rings is 1. The number of carboxylic acids is 1. The summed E-state index contributed by atoms with van der Waals surface area (Å²) < 4.78 is 14.4. The molecule has 0 aliphatic carbocycles. The zero-order valence-electron chi connectivity index (χ0n) is 12.6. The molecule has 0 fully saturated rings. The minimum atomic E-state index is -1.71. The van der Waals surface area contributed by atoms with Gasteiger partial charge in [-0.05, 0) is 6.07 Å². The summed E-state index contributed by atoms with van der Waals surface area (Å²) in [7, 11) is 1.01. The molecule has 0 radical (unpaired) electrons. The van der Waals surface area contributed by atoms with Crippen molar-refractivity contribution in [1.82, 2.24) is 0 Å². The summed E-state index contributed by atoms with van der Waals surface area (Å²) in [6.45, 7) is 0. The first kappa shape index (κ1) is 16.3. The molecule has 1 aliphatic rings. The first-order valence-electron chi connectivity index (χ1n) is 6.81. The molecule has 0 amide bonds. The van der Waals surface area contributed by atoms with Gasteiger partial charge in [0.2, 0.25) is 11.9 Å². The molecular weight excluding hydrogens is 340 g/mol. The maximum absolute atomic E-state index is 12.2. The van der Waals surface area contributed by atoms with Gasteiger partial charge in [0.25, 0.3) is 0 Å². The zero-order chi connectivity index (χ0) is 18.5. The SMILES string of the molecule is COC(=O)C1OC(=O)c2cc(O)c(O)c3oc(=O)c(CC(=O)O)c1c23. The Bertz CT molecular complexity index is 1000. The van der Waals surface area contributed by atoms with Gasteiger partial charge in [-0.2, -0.15) is 0 Å². The molecule has 3 rings (SSSR count). The van der Waals surface area contributed by atoms with E-state index in [2.05, 4.69) is 4.74 Å². The Balaban J connectivity index is 2.52. The lowest BCUT2D eigenvalue weighted by atomic mass is 9.91. The number of hydrogen-bond acceptors (Lipinski definition) is 9. The van der Waals surface area contributed by atoms with Crippen molar-refractivity contribution in [3.05, 3.63) is 33.2 Å². The van der Waals surface area contributed by atoms with E-state index in [1.807, 2.05) is 0 Å². The average molecular weight is 350 g/mol. The molecule has 0 saturated carbocycles. The van der Waals surface area contributed by atoms with Gasteiger partial charge >= 0.3 is 23.5 Å². The van der Waals surface area contributed by atoms with Crippen LogP contribution in [0.4, 0.5) is 0 Å². The molecule has 2 heterocycles. The largest absolute Gasteiger partial charge is 0.504 e. The number of carbonyl (C=O) groups excluding carboxylic acids is 2. The van der Waals surface area contributed by atoms with E-state index in [4.69, 9.17) is 14.3 Å². The number of carboxylic acid groups (broad SMARTS) is 1. The molecule has 25 heavy (non-hydrogen) atoms. The van der Waals surface area contributed by atoms with Gasteiger partial charge in [-0.25, -0.2) is 14.4 Å². The number of phenols is 2. The van der Waals surface area contributed by atoms with Gasteiger partial charge in [0.1, 0.15) is 0 Å². The van der Waals surface area contributed by atoms with Crippen molar-refractivity contribution in [3.63, 3.8) is 0 Å². The van der Waals surface area contributed by atoms with Gasteiger partial charge in [-0.15, -0.1) is 0 Å². The Morgan fingerprint density at radius 1 is 1.28 bits per heavy atom. The van der Waals surface area contributed by atoms with Crippen molar-refractivity contribution in [2.24, 2.45) is 0 Å². The predicted octanol–water partition coefficient (Wildman–Crippen LogP) is 0.216. The molecule has 0 saturated heterocycles. The van der Waals surface area contributed by atoms with E-state index in [9.17, 15) is 29.4 Å². The molecule has 0 bridgehead atoms. The number of methoxy groups -OCH3 is 1. The maximum Gasteiger partial charge on any atom is 0.352 e. The lowest BCUT2D eigenvalue weighted by Gasteiger charge is -2.25. The van der Waals surface area contributed by atoms with E-state index >= 15 is 0 Å². The quantitative estimate of drug-likeness (QED) is 0.396. The van der Waals surface area contributed by atoms with E-state index in [0.717, 1.165) is 13.2 Å². The summed E-state index contributed by atoms with van der Waals surface area (Å²) >= 11 is 0. The van der Waals surface area contributed by atoms with Crippen LogP contribution in [0.15, 0.2) is 15.3 Å². The molecule has 10 nitrogen and oxygen atoms in total. The Kier molecular flexibility index (Phi) is 3.59. The van der Waals surface area contributed by atoms with Gasteiger partial charge in [0, 0.05) is 10.9 Å². The highest BCUT2D eigenvalue weighted by atomic mass is 16.6. The minimum Gasteiger partial charge on any atom is -0.504 e. The van der Waals surface area contributed by atoms with E-state index in [0.29, 0.717) is 0 Å². The van der Waals surface area contributed by atoms with Crippen LogP contribution < -0.4 is 5.63 Å². The fourth-order valence-corrected chi connectivity index (χ4v) is 2.69. The fourth-order valence-electron chi connectivity index (χ4n) is 2.69. The summed E-state index contributed by atoms with van der Waals surface area (Å²) in [5, 5.41) is 28.4. The van der Waals surface area contributed by atoms with Crippen LogP contribution >= 0.6 is 0 Å². The summed E-state index contributed by atoms with van der Waals surface area (Å²) in [4.78, 5) is 47.3. The fraction of sp³-hybridized carbons (Fsp3) is 0.200. The molecule has 130 valence electrons. The van der Waals surface area contributed by atoms with Gasteiger partial charge < -0.3 is 29.2 Å². The number of ether oxygens (including phenoxy) is 2. The van der Waals surface area contributed by atoms with Crippen LogP contribution in [0.2, 0.25) is 0 Å². The van der Waals surface area contributed by atoms with Gasteiger partial charge in [-0.3, -0.25) is 4.79 Å². The van der Waals surface area contributed by atoms with E-state index in [1.54, 1.807) is 0 Å². The molecular formula is C15H10O10. The molecule has 3 N–H and O–H groups in total. The Morgan fingerprint density at radius 2 is 1.96 bits per heavy atom. The number of hydrogen-bond donors (Lipinski definition) is 3. The van der Waals surface area contributed by atoms with Crippen LogP contribution in [0.25, 0.3) is 11.0 Å². The van der Waals surface area contributed by atoms with Crippen molar-refractivity contribution >= 4 is 28.9 Å². The van der Waals surface area contributed by atoms with Crippen molar-refractivity contribution in [2.45, 2.75) is 12.5 Å². The maximum atomic E-state index is 12.2. The summed E-state index contributed by atoms with van der Waals surface area (Å²) in [5.41, 5.74) is -2.71. The van der Waals surface area contributed by atoms with Crippen molar-refractivity contribution < 1.29 is 43.6 Å². The van der Waals surface area contributed by atoms with Crippen LogP contribution in [0.1, 0.15) is 27.6 Å². The summed E-state index contributed by atoms with van der Waals surface area (Å²) in [6.07, 6.45) is -2.53. The molecule has 1 atom stereocenters. The van der Waals surface area contributed by atoms with Gasteiger partial charge in [0.15, 0.2) is 11.3 Å². The van der Waals surface area contributed by atoms with E-state index in [1.165, 1.54) is 0 Å². The topological polar surface area (TPSA) is 161 Å². The highest BCUT2D eigenvalue weighted by Crippen LogP contribution is 2.43. The lowest BCUT2D eigenvalue weighted by Crippen LogP contribution is -2.30. The monoisotopic (exact) mass is 350 g/mol. The second-order valence-electron chi connectivity index (χ2n) is 5.16. The van der Waals surface area contributed by atoms with Crippen LogP contribution in [0.3, 0.4) is 0 Å². The van der Waals surface area contributed by atoms with E-state index < -0.39 is 58.7 Å². The first-order chi connectivity index (χ1) is 11.8. The number of rotatable bonds is 3. The number of aliphatic carboxylic acids is 1. The van der Waals surface area contributed by atoms with Gasteiger partial charge in [-0.1, -0.05) is 0 Å². The highest BCUT2D eigenvalue weighted by molar-refractivity contribution is 6.11. The molecule has 1 aromatic heterocycles. The van der Waals surface area contributed by atoms with Crippen molar-refractivity contribution in [3.8, 4) is 11.5 Å². The van der Waals surface area contributed by atoms with Crippen LogP contribution in [0, 0.1) is 0 Å². The van der Waals surface area contributed by atoms with Crippen molar-refractivity contribution in [1.29, 1.82) is 0 Å². The molecule has 0 spiro atoms. The number of cyclic esters (lactones) is 1. The minimum absolute atomic E-state index is 0.196. The smallest absolute Gasteiger partial charge is 0.352 e. The molecule has 1 aromatic carbocycles. The second kappa shape index (κ2) is 5.51. The van der Waals surface area contributed by atoms with Gasteiger partial charge in [0.05, 0.1) is 24.7 Å². The third-order valence-electron chi connectivity index (χ3n) is 3.72. The molecule has 1 unspecified atom stereocenters. The number of phenolic OH excluding ortho intramolecular Hbond substituents is 2. The predicted molar refractivity (Wildman–Crippen MR) is 77.3 cm³/mol. The van der Waals surface area contributed by atoms with Crippen LogP contribution in [-0.4, -0.2) is 40.3 Å². The van der Waals surface area contributed by atoms with Crippen LogP contribution in [-0.2, 0) is 25.5 Å². The summed E-state index contributed by atoms with van der Waals surface area (Å²) in [6, 6.07) is 0.863. The lowest BCUT2D eigenvalue weighted by molar-refractivity contribution is -0.151. The number of carbonyl (C=O) groups is 3. The Morgan fingerprint density at radius 3 is 2.56 bits per heavy atom. The second-order valence-corrected chi connectivity index (χ2v) is 5.16. The van der Waals surface area contributed by atoms with Crippen molar-refractivity contribution in [2.75, 3.05) is 7.11 Å². The Labute approximate surface area is 137 Å². The number of esters is 2. The molecule has 10 heteroatoms. The highest BCUT2D eigenvalue weighted by Gasteiger charge is 2.40. The third-order valence-corrected chi connectivity index (χ3v) is 3.72. The standard InChI is InChI=1S/C15H10O10/c1-23-15(22)12-9-5(3-7(17)18)14(21)24-11-8(9)4(13(20)25-12)2-6(16)10(11)19/h2,12,16,19H,3H2,1H3,(H,17,18). The number of aromatic hydroxyl groups is 2. The van der Waals surface area contributed by atoms with Crippen LogP contribution in [0.5, 0.6) is 11.5 Å². The third kappa shape index (κ3) is 2.35. The van der Waals surface area contributed by atoms with E-state index in [-0.39, 0.29) is 16.5 Å².